The maximum Gasteiger partial charge on any atom is 0.387 e. The third kappa shape index (κ3) is 4.68. The van der Waals surface area contributed by atoms with Crippen LogP contribution in [0.1, 0.15) is 35.1 Å². The summed E-state index contributed by atoms with van der Waals surface area (Å²) in [5.74, 6) is 0.781. The summed E-state index contributed by atoms with van der Waals surface area (Å²) in [6.07, 6.45) is 0.372. The summed E-state index contributed by atoms with van der Waals surface area (Å²) in [7, 11) is 2.91. The fourth-order valence-electron chi connectivity index (χ4n) is 4.27. The second-order valence-electron chi connectivity index (χ2n) is 8.22. The van der Waals surface area contributed by atoms with Gasteiger partial charge in [-0.2, -0.15) is 13.9 Å². The van der Waals surface area contributed by atoms with Crippen LogP contribution < -0.4 is 14.8 Å². The number of nitrogens with one attached hydrogen (secondary N) is 1. The number of hydrogen-bond donors (Lipinski definition) is 1. The molecule has 4 rings (SSSR count). The van der Waals surface area contributed by atoms with Crippen LogP contribution in [0.15, 0.2) is 46.0 Å². The van der Waals surface area contributed by atoms with Crippen LogP contribution in [-0.2, 0) is 6.42 Å². The predicted molar refractivity (Wildman–Crippen MR) is 126 cm³/mol. The summed E-state index contributed by atoms with van der Waals surface area (Å²) in [5, 5.41) is 12.7. The van der Waals surface area contributed by atoms with E-state index in [-0.39, 0.29) is 23.6 Å². The third-order valence-electron chi connectivity index (χ3n) is 5.90. The number of ether oxygens (including phenoxy) is 2. The maximum atomic E-state index is 13.0. The lowest BCUT2D eigenvalue weighted by Crippen LogP contribution is -2.41. The van der Waals surface area contributed by atoms with Gasteiger partial charge in [0.1, 0.15) is 5.76 Å². The van der Waals surface area contributed by atoms with E-state index >= 15 is 0 Å². The Hall–Kier alpha value is -3.95. The first-order chi connectivity index (χ1) is 16.7. The molecule has 10 heteroatoms. The minimum atomic E-state index is -3.00. The molecule has 35 heavy (non-hydrogen) atoms. The standard InChI is InChI=1S/C25H26F2N4O4/c1-13-10-18-11-21(34-24(26)27)20(33-5)12-19(18)23(29-31(13)25(32)28-4)17-8-6-16(7-9-17)22-14(2)30-35-15(22)3/h6-9,11-13,24H,10H2,1-5H3,(H,28,32)/t13-/m0/s1. The van der Waals surface area contributed by atoms with Gasteiger partial charge in [-0.3, -0.25) is 0 Å². The normalized spacial score (nSPS) is 15.4. The van der Waals surface area contributed by atoms with E-state index in [1.165, 1.54) is 25.2 Å². The lowest BCUT2D eigenvalue weighted by Gasteiger charge is -2.22. The van der Waals surface area contributed by atoms with E-state index in [1.54, 1.807) is 6.07 Å². The van der Waals surface area contributed by atoms with Gasteiger partial charge < -0.3 is 19.3 Å². The van der Waals surface area contributed by atoms with E-state index in [0.717, 1.165) is 22.4 Å². The number of aryl methyl sites for hydroxylation is 2. The van der Waals surface area contributed by atoms with Crippen LogP contribution in [-0.4, -0.2) is 48.7 Å². The van der Waals surface area contributed by atoms with E-state index in [1.807, 2.05) is 45.0 Å². The van der Waals surface area contributed by atoms with Crippen molar-refractivity contribution < 1.29 is 27.6 Å². The zero-order chi connectivity index (χ0) is 25.3. The molecule has 2 amide bonds. The number of methoxy groups -OCH3 is 1. The quantitative estimate of drug-likeness (QED) is 0.556. The fraction of sp³-hybridized carbons (Fsp3) is 0.320. The Morgan fingerprint density at radius 2 is 1.86 bits per heavy atom. The van der Waals surface area contributed by atoms with Crippen LogP contribution in [0.2, 0.25) is 0 Å². The fourth-order valence-corrected chi connectivity index (χ4v) is 4.27. The number of urea groups is 1. The van der Waals surface area contributed by atoms with Crippen LogP contribution in [0, 0.1) is 13.8 Å². The van der Waals surface area contributed by atoms with Gasteiger partial charge in [0.15, 0.2) is 11.5 Å². The highest BCUT2D eigenvalue weighted by Gasteiger charge is 2.29. The molecule has 0 saturated carbocycles. The molecule has 0 unspecified atom stereocenters. The Balaban J connectivity index is 1.86. The number of amides is 2. The first-order valence-corrected chi connectivity index (χ1v) is 11.0. The van der Waals surface area contributed by atoms with E-state index in [9.17, 15) is 13.6 Å². The molecule has 2 aromatic carbocycles. The van der Waals surface area contributed by atoms with Gasteiger partial charge in [0.05, 0.1) is 24.6 Å². The maximum absolute atomic E-state index is 13.0. The molecular weight excluding hydrogens is 458 g/mol. The zero-order valence-electron chi connectivity index (χ0n) is 20.1. The summed E-state index contributed by atoms with van der Waals surface area (Å²) in [6, 6.07) is 10.0. The third-order valence-corrected chi connectivity index (χ3v) is 5.90. The van der Waals surface area contributed by atoms with Gasteiger partial charge in [-0.05, 0) is 50.5 Å². The number of aromatic nitrogens is 1. The second-order valence-corrected chi connectivity index (χ2v) is 8.22. The molecule has 1 aliphatic rings. The number of fused-ring (bicyclic) bond motifs is 1. The van der Waals surface area contributed by atoms with Crippen LogP contribution in [0.25, 0.3) is 11.1 Å². The van der Waals surface area contributed by atoms with Crippen molar-refractivity contribution in [1.29, 1.82) is 0 Å². The Bertz CT molecular complexity index is 1250. The molecule has 184 valence electrons. The minimum Gasteiger partial charge on any atom is -0.493 e. The molecule has 0 bridgehead atoms. The number of carbonyl (C=O) groups excluding carboxylic acids is 1. The van der Waals surface area contributed by atoms with Crippen molar-refractivity contribution >= 4 is 11.7 Å². The smallest absolute Gasteiger partial charge is 0.387 e. The number of alkyl halides is 2. The van der Waals surface area contributed by atoms with Gasteiger partial charge in [-0.1, -0.05) is 29.4 Å². The van der Waals surface area contributed by atoms with E-state index in [2.05, 4.69) is 15.2 Å². The van der Waals surface area contributed by atoms with E-state index in [0.29, 0.717) is 29.0 Å². The molecule has 0 aliphatic carbocycles. The van der Waals surface area contributed by atoms with Crippen molar-refractivity contribution in [3.05, 3.63) is 64.5 Å². The van der Waals surface area contributed by atoms with Crippen molar-refractivity contribution in [2.24, 2.45) is 5.10 Å². The van der Waals surface area contributed by atoms with E-state index in [4.69, 9.17) is 14.4 Å². The molecule has 0 spiro atoms. The molecule has 0 fully saturated rings. The van der Waals surface area contributed by atoms with Gasteiger partial charge in [-0.25, -0.2) is 9.80 Å². The molecule has 0 radical (unpaired) electrons. The SMILES string of the molecule is CNC(=O)N1N=C(c2ccc(-c3c(C)noc3C)cc2)c2cc(OC)c(OC(F)F)cc2C[C@@H]1C. The van der Waals surface area contributed by atoms with Gasteiger partial charge >= 0.3 is 12.6 Å². The van der Waals surface area contributed by atoms with Crippen LogP contribution in [0.5, 0.6) is 11.5 Å². The lowest BCUT2D eigenvalue weighted by molar-refractivity contribution is -0.0512. The molecule has 1 aliphatic heterocycles. The topological polar surface area (TPSA) is 89.2 Å². The molecule has 8 nitrogen and oxygen atoms in total. The van der Waals surface area contributed by atoms with Gasteiger partial charge in [0.25, 0.3) is 0 Å². The summed E-state index contributed by atoms with van der Waals surface area (Å²) in [4.78, 5) is 12.6. The molecule has 3 aromatic rings. The van der Waals surface area contributed by atoms with Crippen LogP contribution in [0.3, 0.4) is 0 Å². The van der Waals surface area contributed by atoms with Crippen molar-refractivity contribution in [2.45, 2.75) is 39.8 Å². The highest BCUT2D eigenvalue weighted by molar-refractivity contribution is 6.14. The average Bonchev–Trinajstić information content (AvgIpc) is 3.09. The van der Waals surface area contributed by atoms with Crippen molar-refractivity contribution in [2.75, 3.05) is 14.2 Å². The lowest BCUT2D eigenvalue weighted by atomic mass is 9.93. The Labute approximate surface area is 201 Å². The number of hydrazone groups is 1. The van der Waals surface area contributed by atoms with Crippen LogP contribution in [0.4, 0.5) is 13.6 Å². The van der Waals surface area contributed by atoms with Crippen molar-refractivity contribution in [1.82, 2.24) is 15.5 Å². The highest BCUT2D eigenvalue weighted by Crippen LogP contribution is 2.36. The first kappa shape index (κ1) is 24.2. The number of nitrogens with zero attached hydrogens (tertiary/aromatic N) is 3. The molecule has 1 aromatic heterocycles. The minimum absolute atomic E-state index is 0.0741. The highest BCUT2D eigenvalue weighted by atomic mass is 19.3. The number of halogens is 2. The van der Waals surface area contributed by atoms with Crippen molar-refractivity contribution in [3.8, 4) is 22.6 Å². The Kier molecular flexibility index (Phi) is 6.72. The van der Waals surface area contributed by atoms with Crippen molar-refractivity contribution in [3.63, 3.8) is 0 Å². The predicted octanol–water partition coefficient (Wildman–Crippen LogP) is 4.91. The van der Waals surface area contributed by atoms with Gasteiger partial charge in [0.2, 0.25) is 0 Å². The summed E-state index contributed by atoms with van der Waals surface area (Å²) >= 11 is 0. The Morgan fingerprint density at radius 3 is 2.43 bits per heavy atom. The largest absolute Gasteiger partial charge is 0.493 e. The first-order valence-electron chi connectivity index (χ1n) is 11.0. The molecule has 0 saturated heterocycles. The second kappa shape index (κ2) is 9.73. The average molecular weight is 485 g/mol. The molecule has 1 N–H and O–H groups in total. The summed E-state index contributed by atoms with van der Waals surface area (Å²) in [6.45, 7) is 2.56. The number of rotatable bonds is 5. The molecule has 1 atom stereocenters. The monoisotopic (exact) mass is 484 g/mol. The zero-order valence-corrected chi connectivity index (χ0v) is 20.1. The van der Waals surface area contributed by atoms with Gasteiger partial charge in [-0.15, -0.1) is 0 Å². The summed E-state index contributed by atoms with van der Waals surface area (Å²) in [5.41, 5.74) is 5.21. The molecule has 2 heterocycles. The van der Waals surface area contributed by atoms with Crippen LogP contribution >= 0.6 is 0 Å². The Morgan fingerprint density at radius 1 is 1.17 bits per heavy atom. The van der Waals surface area contributed by atoms with Gasteiger partial charge in [0, 0.05) is 23.7 Å². The number of carbonyl (C=O) groups is 1. The number of hydrogen-bond acceptors (Lipinski definition) is 6. The molecular formula is C25H26F2N4O4. The number of benzene rings is 2. The summed E-state index contributed by atoms with van der Waals surface area (Å²) < 4.78 is 41.3. The van der Waals surface area contributed by atoms with E-state index < -0.39 is 6.61 Å².